The maximum absolute atomic E-state index is 12.2. The Kier molecular flexibility index (Phi) is 5.10. The number of nitrogens with one attached hydrogen (secondary N) is 1. The van der Waals surface area contributed by atoms with Crippen LogP contribution in [0.2, 0.25) is 0 Å². The maximum Gasteiger partial charge on any atom is 0.317 e. The van der Waals surface area contributed by atoms with Crippen LogP contribution in [0.5, 0.6) is 0 Å². The van der Waals surface area contributed by atoms with Crippen molar-refractivity contribution in [1.29, 1.82) is 0 Å². The van der Waals surface area contributed by atoms with E-state index in [0.29, 0.717) is 18.5 Å². The molecule has 0 radical (unpaired) electrons. The smallest absolute Gasteiger partial charge is 0.317 e. The molecule has 1 N–H and O–H groups in total. The number of carbonyl (C=O) groups is 1. The van der Waals surface area contributed by atoms with Gasteiger partial charge < -0.3 is 15.1 Å². The zero-order valence-corrected chi connectivity index (χ0v) is 13.5. The molecule has 1 aliphatic rings. The van der Waals surface area contributed by atoms with E-state index < -0.39 is 0 Å². The molecule has 1 aromatic carbocycles. The number of para-hydroxylation sites is 1. The molecule has 0 aliphatic heterocycles. The van der Waals surface area contributed by atoms with Crippen molar-refractivity contribution in [2.75, 3.05) is 25.5 Å². The lowest BCUT2D eigenvalue weighted by Gasteiger charge is -2.29. The molecule has 2 unspecified atom stereocenters. The van der Waals surface area contributed by atoms with E-state index in [0.717, 1.165) is 0 Å². The number of nitrogens with zero attached hydrogens (tertiary/aromatic N) is 2. The molecule has 4 nitrogen and oxygen atoms in total. The summed E-state index contributed by atoms with van der Waals surface area (Å²) < 4.78 is 0. The molecule has 2 atom stereocenters. The molecule has 0 spiro atoms. The summed E-state index contributed by atoms with van der Waals surface area (Å²) >= 11 is 0. The number of rotatable bonds is 6. The van der Waals surface area contributed by atoms with Gasteiger partial charge in [0.05, 0.1) is 0 Å². The van der Waals surface area contributed by atoms with Gasteiger partial charge in [0.2, 0.25) is 0 Å². The fraction of sp³-hybridized carbons (Fsp3) is 0.588. The summed E-state index contributed by atoms with van der Waals surface area (Å²) in [5.41, 5.74) is 1.17. The predicted octanol–water partition coefficient (Wildman–Crippen LogP) is 2.95. The summed E-state index contributed by atoms with van der Waals surface area (Å²) in [6, 6.07) is 10.9. The average molecular weight is 289 g/mol. The number of likely N-dealkylation sites (N-methyl/N-ethyl adjacent to an activating group) is 1. The molecule has 1 fully saturated rings. The number of hydrogen-bond acceptors (Lipinski definition) is 2. The largest absolute Gasteiger partial charge is 0.370 e. The lowest BCUT2D eigenvalue weighted by Crippen LogP contribution is -2.47. The molecule has 1 aromatic rings. The number of hydrogen-bond donors (Lipinski definition) is 1. The van der Waals surface area contributed by atoms with Gasteiger partial charge in [-0.3, -0.25) is 0 Å². The Morgan fingerprint density at radius 1 is 1.24 bits per heavy atom. The third-order valence-corrected chi connectivity index (χ3v) is 4.61. The molecule has 0 aromatic heterocycles. The van der Waals surface area contributed by atoms with Gasteiger partial charge in [0.25, 0.3) is 0 Å². The van der Waals surface area contributed by atoms with Gasteiger partial charge in [0.1, 0.15) is 0 Å². The van der Waals surface area contributed by atoms with E-state index in [9.17, 15) is 4.79 Å². The summed E-state index contributed by atoms with van der Waals surface area (Å²) in [5.74, 6) is 0.699. The third-order valence-electron chi connectivity index (χ3n) is 4.61. The lowest BCUT2D eigenvalue weighted by molar-refractivity contribution is 0.187. The van der Waals surface area contributed by atoms with Gasteiger partial charge in [-0.05, 0) is 44.7 Å². The van der Waals surface area contributed by atoms with Gasteiger partial charge in [0, 0.05) is 38.4 Å². The predicted molar refractivity (Wildman–Crippen MR) is 87.7 cm³/mol. The van der Waals surface area contributed by atoms with Gasteiger partial charge in [-0.1, -0.05) is 18.2 Å². The Labute approximate surface area is 128 Å². The van der Waals surface area contributed by atoms with Crippen LogP contribution in [0, 0.1) is 5.92 Å². The molecule has 2 rings (SSSR count). The van der Waals surface area contributed by atoms with Gasteiger partial charge in [-0.25, -0.2) is 4.79 Å². The van der Waals surface area contributed by atoms with Crippen molar-refractivity contribution < 1.29 is 4.79 Å². The van der Waals surface area contributed by atoms with Crippen LogP contribution in [-0.2, 0) is 0 Å². The van der Waals surface area contributed by atoms with E-state index in [1.807, 2.05) is 30.1 Å². The molecule has 0 heterocycles. The first-order valence-corrected chi connectivity index (χ1v) is 7.79. The van der Waals surface area contributed by atoms with E-state index >= 15 is 0 Å². The van der Waals surface area contributed by atoms with Gasteiger partial charge in [-0.2, -0.15) is 0 Å². The molecule has 2 amide bonds. The van der Waals surface area contributed by atoms with E-state index in [-0.39, 0.29) is 12.1 Å². The average Bonchev–Trinajstić information content (AvgIpc) is 3.35. The monoisotopic (exact) mass is 289 g/mol. The number of carbonyl (C=O) groups excluding carboxylic acids is 1. The Morgan fingerprint density at radius 3 is 2.43 bits per heavy atom. The van der Waals surface area contributed by atoms with Crippen molar-refractivity contribution in [3.63, 3.8) is 0 Å². The fourth-order valence-corrected chi connectivity index (χ4v) is 2.49. The molecular weight excluding hydrogens is 262 g/mol. The van der Waals surface area contributed by atoms with Crippen LogP contribution < -0.4 is 10.2 Å². The molecule has 116 valence electrons. The highest BCUT2D eigenvalue weighted by atomic mass is 16.2. The second kappa shape index (κ2) is 6.83. The quantitative estimate of drug-likeness (QED) is 0.874. The Morgan fingerprint density at radius 2 is 1.86 bits per heavy atom. The van der Waals surface area contributed by atoms with E-state index in [1.165, 1.54) is 18.5 Å². The molecule has 1 saturated carbocycles. The van der Waals surface area contributed by atoms with Crippen molar-refractivity contribution >= 4 is 11.7 Å². The standard InChI is InChI=1S/C17H27N3O/c1-13(19(3)16-8-6-5-7-9-16)12-18-17(21)20(4)14(2)15-10-11-15/h5-9,13-15H,10-12H2,1-4H3,(H,18,21). The number of amides is 2. The molecule has 1 aliphatic carbocycles. The van der Waals surface area contributed by atoms with Crippen LogP contribution in [-0.4, -0.2) is 43.7 Å². The normalized spacial score (nSPS) is 17.0. The highest BCUT2D eigenvalue weighted by molar-refractivity contribution is 5.74. The van der Waals surface area contributed by atoms with Crippen LogP contribution >= 0.6 is 0 Å². The molecule has 0 bridgehead atoms. The van der Waals surface area contributed by atoms with Crippen LogP contribution in [0.15, 0.2) is 30.3 Å². The van der Waals surface area contributed by atoms with Crippen molar-refractivity contribution in [1.82, 2.24) is 10.2 Å². The highest BCUT2D eigenvalue weighted by Crippen LogP contribution is 2.34. The molecule has 4 heteroatoms. The van der Waals surface area contributed by atoms with Crippen molar-refractivity contribution in [2.45, 2.75) is 38.8 Å². The lowest BCUT2D eigenvalue weighted by atomic mass is 10.2. The Hall–Kier alpha value is -1.71. The summed E-state index contributed by atoms with van der Waals surface area (Å²) in [7, 11) is 3.95. The van der Waals surface area contributed by atoms with Gasteiger partial charge in [-0.15, -0.1) is 0 Å². The van der Waals surface area contributed by atoms with Gasteiger partial charge in [0.15, 0.2) is 0 Å². The summed E-state index contributed by atoms with van der Waals surface area (Å²) in [6.07, 6.45) is 2.51. The second-order valence-corrected chi connectivity index (χ2v) is 6.17. The molecular formula is C17H27N3O. The second-order valence-electron chi connectivity index (χ2n) is 6.17. The highest BCUT2D eigenvalue weighted by Gasteiger charge is 2.32. The van der Waals surface area contributed by atoms with Crippen molar-refractivity contribution in [2.24, 2.45) is 5.92 Å². The zero-order valence-electron chi connectivity index (χ0n) is 13.5. The summed E-state index contributed by atoms with van der Waals surface area (Å²) in [5, 5.41) is 3.04. The van der Waals surface area contributed by atoms with E-state index in [2.05, 4.69) is 43.2 Å². The van der Waals surface area contributed by atoms with Crippen molar-refractivity contribution in [3.05, 3.63) is 30.3 Å². The number of benzene rings is 1. The van der Waals surface area contributed by atoms with E-state index in [4.69, 9.17) is 0 Å². The first-order valence-electron chi connectivity index (χ1n) is 7.79. The summed E-state index contributed by atoms with van der Waals surface area (Å²) in [6.45, 7) is 4.90. The van der Waals surface area contributed by atoms with Crippen LogP contribution in [0.1, 0.15) is 26.7 Å². The van der Waals surface area contributed by atoms with Gasteiger partial charge >= 0.3 is 6.03 Å². The zero-order chi connectivity index (χ0) is 15.4. The SMILES string of the molecule is CC(C1CC1)N(C)C(=O)NCC(C)N(C)c1ccccc1. The first kappa shape index (κ1) is 15.7. The minimum atomic E-state index is 0.0303. The Balaban J connectivity index is 1.80. The minimum absolute atomic E-state index is 0.0303. The number of urea groups is 1. The Bertz CT molecular complexity index is 458. The van der Waals surface area contributed by atoms with Crippen LogP contribution in [0.4, 0.5) is 10.5 Å². The van der Waals surface area contributed by atoms with Crippen molar-refractivity contribution in [3.8, 4) is 0 Å². The first-order chi connectivity index (χ1) is 10.0. The summed E-state index contributed by atoms with van der Waals surface area (Å²) in [4.78, 5) is 16.2. The minimum Gasteiger partial charge on any atom is -0.370 e. The number of anilines is 1. The van der Waals surface area contributed by atoms with Crippen LogP contribution in [0.25, 0.3) is 0 Å². The fourth-order valence-electron chi connectivity index (χ4n) is 2.49. The third kappa shape index (κ3) is 4.13. The van der Waals surface area contributed by atoms with E-state index in [1.54, 1.807) is 0 Å². The maximum atomic E-state index is 12.2. The molecule has 0 saturated heterocycles. The van der Waals surface area contributed by atoms with Crippen LogP contribution in [0.3, 0.4) is 0 Å². The topological polar surface area (TPSA) is 35.6 Å². The molecule has 21 heavy (non-hydrogen) atoms.